The first-order valence-corrected chi connectivity index (χ1v) is 8.51. The van der Waals surface area contributed by atoms with Crippen LogP contribution in [0, 0.1) is 0 Å². The van der Waals surface area contributed by atoms with E-state index in [0.717, 1.165) is 43.2 Å². The fourth-order valence-electron chi connectivity index (χ4n) is 2.37. The molecule has 0 atom stereocenters. The molecule has 22 heavy (non-hydrogen) atoms. The summed E-state index contributed by atoms with van der Waals surface area (Å²) in [4.78, 5) is 15.8. The molecule has 4 nitrogen and oxygen atoms in total. The average molecular weight is 344 g/mol. The Bertz CT molecular complexity index is 464. The van der Waals surface area contributed by atoms with Gasteiger partial charge in [-0.05, 0) is 12.1 Å². The van der Waals surface area contributed by atoms with Gasteiger partial charge in [0.05, 0.1) is 5.56 Å². The zero-order valence-electron chi connectivity index (χ0n) is 13.3. The van der Waals surface area contributed by atoms with Crippen molar-refractivity contribution in [2.75, 3.05) is 39.3 Å². The molecule has 2 rings (SSSR count). The van der Waals surface area contributed by atoms with E-state index in [-0.39, 0.29) is 18.3 Å². The maximum absolute atomic E-state index is 12.3. The van der Waals surface area contributed by atoms with E-state index in [9.17, 15) is 4.79 Å². The van der Waals surface area contributed by atoms with E-state index in [0.29, 0.717) is 11.8 Å². The molecule has 0 radical (unpaired) electrons. The Kier molecular flexibility index (Phi) is 8.86. The number of thioether (sulfide) groups is 1. The fraction of sp³-hybridized carbons (Fsp3) is 0.562. The number of hydrogen-bond donors (Lipinski definition) is 2. The Morgan fingerprint density at radius 3 is 2.68 bits per heavy atom. The zero-order chi connectivity index (χ0) is 15.1. The predicted molar refractivity (Wildman–Crippen MR) is 96.3 cm³/mol. The predicted octanol–water partition coefficient (Wildman–Crippen LogP) is 2.24. The monoisotopic (exact) mass is 343 g/mol. The number of carbonyl (C=O) groups excluding carboxylic acids is 1. The summed E-state index contributed by atoms with van der Waals surface area (Å²) in [6.07, 6.45) is 0. The van der Waals surface area contributed by atoms with Crippen LogP contribution in [0.1, 0.15) is 24.2 Å². The lowest BCUT2D eigenvalue weighted by Crippen LogP contribution is -2.46. The first kappa shape index (κ1) is 19.3. The number of nitrogens with zero attached hydrogens (tertiary/aromatic N) is 1. The van der Waals surface area contributed by atoms with Crippen LogP contribution in [-0.4, -0.2) is 55.3 Å². The van der Waals surface area contributed by atoms with Crippen molar-refractivity contribution in [3.8, 4) is 0 Å². The number of carbonyl (C=O) groups is 1. The van der Waals surface area contributed by atoms with E-state index in [1.807, 2.05) is 24.3 Å². The second-order valence-electron chi connectivity index (χ2n) is 5.51. The van der Waals surface area contributed by atoms with Crippen LogP contribution in [-0.2, 0) is 0 Å². The molecule has 1 aliphatic rings. The molecule has 1 aromatic carbocycles. The van der Waals surface area contributed by atoms with E-state index in [4.69, 9.17) is 0 Å². The van der Waals surface area contributed by atoms with Crippen molar-refractivity contribution in [1.29, 1.82) is 0 Å². The molecule has 6 heteroatoms. The molecule has 0 saturated carbocycles. The molecule has 0 unspecified atom stereocenters. The lowest BCUT2D eigenvalue weighted by molar-refractivity contribution is 0.0944. The van der Waals surface area contributed by atoms with Crippen molar-refractivity contribution in [3.63, 3.8) is 0 Å². The highest BCUT2D eigenvalue weighted by Crippen LogP contribution is 2.26. The molecule has 0 aromatic heterocycles. The van der Waals surface area contributed by atoms with Gasteiger partial charge in [0, 0.05) is 49.4 Å². The number of nitrogens with one attached hydrogen (secondary N) is 2. The molecular weight excluding hydrogens is 318 g/mol. The highest BCUT2D eigenvalue weighted by Gasteiger charge is 2.13. The number of halogens is 1. The molecule has 0 aliphatic carbocycles. The molecule has 0 spiro atoms. The summed E-state index contributed by atoms with van der Waals surface area (Å²) in [5, 5.41) is 6.85. The third-order valence-electron chi connectivity index (χ3n) is 3.42. The smallest absolute Gasteiger partial charge is 0.252 e. The number of piperazine rings is 1. The summed E-state index contributed by atoms with van der Waals surface area (Å²) in [6.45, 7) is 10.1. The molecule has 1 aromatic rings. The molecule has 0 bridgehead atoms. The second-order valence-corrected chi connectivity index (χ2v) is 7.13. The van der Waals surface area contributed by atoms with E-state index in [1.54, 1.807) is 11.8 Å². The Morgan fingerprint density at radius 2 is 2.00 bits per heavy atom. The second kappa shape index (κ2) is 10.1. The third kappa shape index (κ3) is 6.16. The highest BCUT2D eigenvalue weighted by molar-refractivity contribution is 8.00. The van der Waals surface area contributed by atoms with Gasteiger partial charge in [-0.25, -0.2) is 0 Å². The Morgan fingerprint density at radius 1 is 1.32 bits per heavy atom. The minimum atomic E-state index is 0. The van der Waals surface area contributed by atoms with Crippen LogP contribution in [0.5, 0.6) is 0 Å². The first-order valence-electron chi connectivity index (χ1n) is 7.64. The summed E-state index contributed by atoms with van der Waals surface area (Å²) in [5.74, 6) is 0.0360. The molecule has 1 amide bonds. The minimum Gasteiger partial charge on any atom is -0.351 e. The number of rotatable bonds is 6. The summed E-state index contributed by atoms with van der Waals surface area (Å²) < 4.78 is 0. The fourth-order valence-corrected chi connectivity index (χ4v) is 3.32. The minimum absolute atomic E-state index is 0. The Balaban J connectivity index is 0.00000242. The topological polar surface area (TPSA) is 44.4 Å². The van der Waals surface area contributed by atoms with Crippen LogP contribution in [0.3, 0.4) is 0 Å². The van der Waals surface area contributed by atoms with E-state index >= 15 is 0 Å². The van der Waals surface area contributed by atoms with Gasteiger partial charge in [0.1, 0.15) is 0 Å². The molecule has 2 N–H and O–H groups in total. The van der Waals surface area contributed by atoms with Gasteiger partial charge >= 0.3 is 0 Å². The molecular formula is C16H26ClN3OS. The molecule has 1 fully saturated rings. The van der Waals surface area contributed by atoms with E-state index < -0.39 is 0 Å². The van der Waals surface area contributed by atoms with Crippen molar-refractivity contribution in [3.05, 3.63) is 29.8 Å². The summed E-state index contributed by atoms with van der Waals surface area (Å²) in [6, 6.07) is 7.85. The quantitative estimate of drug-likeness (QED) is 0.778. The van der Waals surface area contributed by atoms with Crippen LogP contribution in [0.15, 0.2) is 29.2 Å². The average Bonchev–Trinajstić information content (AvgIpc) is 2.48. The van der Waals surface area contributed by atoms with Gasteiger partial charge in [0.2, 0.25) is 0 Å². The van der Waals surface area contributed by atoms with Gasteiger partial charge in [0.15, 0.2) is 0 Å². The third-order valence-corrected chi connectivity index (χ3v) is 4.50. The number of amides is 1. The van der Waals surface area contributed by atoms with Crippen LogP contribution >= 0.6 is 24.2 Å². The lowest BCUT2D eigenvalue weighted by Gasteiger charge is -2.27. The largest absolute Gasteiger partial charge is 0.351 e. The zero-order valence-corrected chi connectivity index (χ0v) is 14.9. The van der Waals surface area contributed by atoms with Gasteiger partial charge in [0.25, 0.3) is 5.91 Å². The van der Waals surface area contributed by atoms with E-state index in [2.05, 4.69) is 29.4 Å². The van der Waals surface area contributed by atoms with Crippen molar-refractivity contribution in [1.82, 2.24) is 15.5 Å². The van der Waals surface area contributed by atoms with Gasteiger partial charge in [-0.1, -0.05) is 26.0 Å². The normalized spacial score (nSPS) is 15.4. The first-order chi connectivity index (χ1) is 10.2. The molecule has 1 aliphatic heterocycles. The van der Waals surface area contributed by atoms with Crippen molar-refractivity contribution in [2.24, 2.45) is 0 Å². The lowest BCUT2D eigenvalue weighted by atomic mass is 10.2. The van der Waals surface area contributed by atoms with Gasteiger partial charge in [-0.2, -0.15) is 0 Å². The molecule has 1 heterocycles. The van der Waals surface area contributed by atoms with Crippen LogP contribution in [0.25, 0.3) is 0 Å². The van der Waals surface area contributed by atoms with Gasteiger partial charge in [-0.15, -0.1) is 24.2 Å². The van der Waals surface area contributed by atoms with Crippen LogP contribution in [0.2, 0.25) is 0 Å². The summed E-state index contributed by atoms with van der Waals surface area (Å²) in [7, 11) is 0. The molecule has 1 saturated heterocycles. The van der Waals surface area contributed by atoms with Crippen molar-refractivity contribution >= 4 is 30.1 Å². The number of benzene rings is 1. The summed E-state index contributed by atoms with van der Waals surface area (Å²) >= 11 is 1.74. The summed E-state index contributed by atoms with van der Waals surface area (Å²) in [5.41, 5.74) is 0.788. The van der Waals surface area contributed by atoms with E-state index in [1.165, 1.54) is 0 Å². The maximum atomic E-state index is 12.3. The van der Waals surface area contributed by atoms with Crippen LogP contribution < -0.4 is 10.6 Å². The Labute approximate surface area is 143 Å². The standard InChI is InChI=1S/C16H25N3OS.ClH/c1-13(2)21-15-6-4-3-5-14(15)16(20)18-9-12-19-10-7-17-8-11-19;/h3-6,13,17H,7-12H2,1-2H3,(H,18,20);1H. The van der Waals surface area contributed by atoms with Crippen LogP contribution in [0.4, 0.5) is 0 Å². The van der Waals surface area contributed by atoms with Gasteiger partial charge < -0.3 is 10.6 Å². The molecule has 124 valence electrons. The maximum Gasteiger partial charge on any atom is 0.252 e. The van der Waals surface area contributed by atoms with Crippen molar-refractivity contribution in [2.45, 2.75) is 24.0 Å². The Hall–Kier alpha value is -0.750. The number of hydrogen-bond acceptors (Lipinski definition) is 4. The van der Waals surface area contributed by atoms with Crippen molar-refractivity contribution < 1.29 is 4.79 Å². The highest BCUT2D eigenvalue weighted by atomic mass is 35.5. The SMILES string of the molecule is CC(C)Sc1ccccc1C(=O)NCCN1CCNCC1.Cl. The van der Waals surface area contributed by atoms with Gasteiger partial charge in [-0.3, -0.25) is 9.69 Å².